The number of ketones is 1. The topological polar surface area (TPSA) is 63.2 Å². The van der Waals surface area contributed by atoms with Gasteiger partial charge in [-0.25, -0.2) is 13.1 Å². The van der Waals surface area contributed by atoms with E-state index in [4.69, 9.17) is 0 Å². The number of aryl methyl sites for hydroxylation is 1. The molecule has 5 heteroatoms. The monoisotopic (exact) mass is 279 g/mol. The molecule has 1 aliphatic carbocycles. The fraction of sp³-hybridized carbons (Fsp3) is 0.357. The van der Waals surface area contributed by atoms with E-state index in [-0.39, 0.29) is 16.6 Å². The van der Waals surface area contributed by atoms with Crippen LogP contribution in [0.4, 0.5) is 0 Å². The van der Waals surface area contributed by atoms with Crippen molar-refractivity contribution in [3.8, 4) is 0 Å². The van der Waals surface area contributed by atoms with E-state index in [1.54, 1.807) is 30.3 Å². The molecule has 1 aromatic rings. The summed E-state index contributed by atoms with van der Waals surface area (Å²) in [5, 5.41) is 0. The highest BCUT2D eigenvalue weighted by Gasteiger charge is 2.41. The smallest absolute Gasteiger partial charge is 0.241 e. The molecular formula is C14H17NO3S. The van der Waals surface area contributed by atoms with Crippen molar-refractivity contribution in [1.29, 1.82) is 0 Å². The first-order valence-corrected chi connectivity index (χ1v) is 7.65. The van der Waals surface area contributed by atoms with Crippen LogP contribution < -0.4 is 4.72 Å². The fourth-order valence-corrected chi connectivity index (χ4v) is 3.44. The van der Waals surface area contributed by atoms with Gasteiger partial charge < -0.3 is 0 Å². The third-order valence-electron chi connectivity index (χ3n) is 3.36. The lowest BCUT2D eigenvalue weighted by Crippen LogP contribution is -2.54. The molecule has 1 aromatic carbocycles. The van der Waals surface area contributed by atoms with Crippen LogP contribution in [0.15, 0.2) is 41.8 Å². The summed E-state index contributed by atoms with van der Waals surface area (Å²) in [5.74, 6) is -0.0206. The van der Waals surface area contributed by atoms with Gasteiger partial charge in [-0.3, -0.25) is 4.79 Å². The standard InChI is InChI=1S/C14H17NO3S/c1-3-4-11-9-13(16)14(11)15-19(17,18)12-7-5-10(2)6-8-12/h3,5-8,11,14-15H,1,4,9H2,2H3/t11-,14+/m0/s1. The van der Waals surface area contributed by atoms with Crippen molar-refractivity contribution >= 4 is 15.8 Å². The maximum Gasteiger partial charge on any atom is 0.241 e. The number of carbonyl (C=O) groups excluding carboxylic acids is 1. The molecule has 0 aromatic heterocycles. The first kappa shape index (κ1) is 14.0. The second-order valence-corrected chi connectivity index (χ2v) is 6.58. The van der Waals surface area contributed by atoms with Crippen molar-refractivity contribution in [1.82, 2.24) is 4.72 Å². The van der Waals surface area contributed by atoms with E-state index in [2.05, 4.69) is 11.3 Å². The molecule has 1 aliphatic rings. The van der Waals surface area contributed by atoms with Crippen LogP contribution in [0.2, 0.25) is 0 Å². The molecule has 1 saturated carbocycles. The van der Waals surface area contributed by atoms with E-state index >= 15 is 0 Å². The molecule has 0 radical (unpaired) electrons. The van der Waals surface area contributed by atoms with Crippen LogP contribution in [0, 0.1) is 12.8 Å². The quantitative estimate of drug-likeness (QED) is 0.836. The summed E-state index contributed by atoms with van der Waals surface area (Å²) in [4.78, 5) is 11.7. The van der Waals surface area contributed by atoms with Crippen molar-refractivity contribution in [3.63, 3.8) is 0 Å². The van der Waals surface area contributed by atoms with E-state index < -0.39 is 16.1 Å². The molecule has 0 aliphatic heterocycles. The van der Waals surface area contributed by atoms with Crippen molar-refractivity contribution in [3.05, 3.63) is 42.5 Å². The van der Waals surface area contributed by atoms with Crippen LogP contribution in [-0.2, 0) is 14.8 Å². The average Bonchev–Trinajstić information content (AvgIpc) is 2.37. The minimum atomic E-state index is -3.63. The zero-order chi connectivity index (χ0) is 14.0. The Morgan fingerprint density at radius 2 is 2.00 bits per heavy atom. The van der Waals surface area contributed by atoms with E-state index in [1.165, 1.54) is 0 Å². The number of carbonyl (C=O) groups is 1. The van der Waals surface area contributed by atoms with Gasteiger partial charge in [-0.2, -0.15) is 0 Å². The number of rotatable bonds is 5. The molecule has 19 heavy (non-hydrogen) atoms. The Labute approximate surface area is 113 Å². The van der Waals surface area contributed by atoms with E-state index in [0.717, 1.165) is 5.56 Å². The van der Waals surface area contributed by atoms with Gasteiger partial charge in [0.2, 0.25) is 10.0 Å². The number of nitrogens with one attached hydrogen (secondary N) is 1. The van der Waals surface area contributed by atoms with Gasteiger partial charge in [-0.15, -0.1) is 6.58 Å². The van der Waals surface area contributed by atoms with Crippen molar-refractivity contribution in [2.24, 2.45) is 5.92 Å². The van der Waals surface area contributed by atoms with Gasteiger partial charge in [0.1, 0.15) is 0 Å². The second kappa shape index (κ2) is 5.27. The molecule has 1 fully saturated rings. The predicted octanol–water partition coefficient (Wildman–Crippen LogP) is 1.81. The fourth-order valence-electron chi connectivity index (χ4n) is 2.15. The molecule has 102 valence electrons. The zero-order valence-corrected chi connectivity index (χ0v) is 11.6. The highest BCUT2D eigenvalue weighted by atomic mass is 32.2. The molecule has 1 N–H and O–H groups in total. The van der Waals surface area contributed by atoms with Crippen LogP contribution in [0.1, 0.15) is 18.4 Å². The maximum atomic E-state index is 12.2. The molecule has 0 bridgehead atoms. The predicted molar refractivity (Wildman–Crippen MR) is 73.2 cm³/mol. The lowest BCUT2D eigenvalue weighted by molar-refractivity contribution is -0.129. The lowest BCUT2D eigenvalue weighted by Gasteiger charge is -2.34. The number of Topliss-reactive ketones (excluding diaryl/α,β-unsaturated/α-hetero) is 1. The van der Waals surface area contributed by atoms with Crippen LogP contribution in [0.5, 0.6) is 0 Å². The summed E-state index contributed by atoms with van der Waals surface area (Å²) < 4.78 is 26.8. The molecule has 2 rings (SSSR count). The van der Waals surface area contributed by atoms with Gasteiger partial charge in [0, 0.05) is 6.42 Å². The molecule has 0 unspecified atom stereocenters. The van der Waals surface area contributed by atoms with Crippen molar-refractivity contribution < 1.29 is 13.2 Å². The Morgan fingerprint density at radius 3 is 2.53 bits per heavy atom. The summed E-state index contributed by atoms with van der Waals surface area (Å²) in [6.07, 6.45) is 2.78. The number of sulfonamides is 1. The van der Waals surface area contributed by atoms with Gasteiger partial charge in [-0.1, -0.05) is 23.8 Å². The Bertz CT molecular complexity index is 588. The SMILES string of the molecule is C=CC[C@H]1CC(=O)[C@@H]1NS(=O)(=O)c1ccc(C)cc1. The lowest BCUT2D eigenvalue weighted by atomic mass is 9.77. The van der Waals surface area contributed by atoms with Gasteiger partial charge in [0.15, 0.2) is 5.78 Å². The van der Waals surface area contributed by atoms with Gasteiger partial charge in [-0.05, 0) is 31.4 Å². The Hall–Kier alpha value is -1.46. The van der Waals surface area contributed by atoms with E-state index in [9.17, 15) is 13.2 Å². The summed E-state index contributed by atoms with van der Waals surface area (Å²) in [5.41, 5.74) is 0.989. The molecule has 0 amide bonds. The molecule has 4 nitrogen and oxygen atoms in total. The summed E-state index contributed by atoms with van der Waals surface area (Å²) in [6.45, 7) is 5.51. The third kappa shape index (κ3) is 2.93. The largest absolute Gasteiger partial charge is 0.298 e. The highest BCUT2D eigenvalue weighted by molar-refractivity contribution is 7.89. The number of allylic oxidation sites excluding steroid dienone is 1. The Balaban J connectivity index is 2.15. The van der Waals surface area contributed by atoms with Crippen LogP contribution in [0.25, 0.3) is 0 Å². The minimum absolute atomic E-state index is 0.0326. The van der Waals surface area contributed by atoms with E-state index in [0.29, 0.717) is 12.8 Å². The van der Waals surface area contributed by atoms with E-state index in [1.807, 2.05) is 6.92 Å². The van der Waals surface area contributed by atoms with Gasteiger partial charge in [0.25, 0.3) is 0 Å². The summed E-state index contributed by atoms with van der Waals surface area (Å²) >= 11 is 0. The Kier molecular flexibility index (Phi) is 3.87. The molecule has 0 saturated heterocycles. The molecular weight excluding hydrogens is 262 g/mol. The second-order valence-electron chi connectivity index (χ2n) is 4.87. The minimum Gasteiger partial charge on any atom is -0.298 e. The normalized spacial score (nSPS) is 22.9. The zero-order valence-electron chi connectivity index (χ0n) is 10.8. The summed E-state index contributed by atoms with van der Waals surface area (Å²) in [7, 11) is -3.63. The number of hydrogen-bond acceptors (Lipinski definition) is 3. The Morgan fingerprint density at radius 1 is 1.37 bits per heavy atom. The van der Waals surface area contributed by atoms with Crippen molar-refractivity contribution in [2.75, 3.05) is 0 Å². The first-order valence-electron chi connectivity index (χ1n) is 6.16. The maximum absolute atomic E-state index is 12.2. The molecule has 0 spiro atoms. The number of benzene rings is 1. The average molecular weight is 279 g/mol. The van der Waals surface area contributed by atoms with Crippen LogP contribution in [-0.4, -0.2) is 20.2 Å². The number of hydrogen-bond donors (Lipinski definition) is 1. The van der Waals surface area contributed by atoms with Crippen LogP contribution >= 0.6 is 0 Å². The summed E-state index contributed by atoms with van der Waals surface area (Å²) in [6, 6.07) is 5.95. The van der Waals surface area contributed by atoms with Crippen molar-refractivity contribution in [2.45, 2.75) is 30.7 Å². The van der Waals surface area contributed by atoms with Gasteiger partial charge >= 0.3 is 0 Å². The first-order chi connectivity index (χ1) is 8.94. The highest BCUT2D eigenvalue weighted by Crippen LogP contribution is 2.28. The molecule has 0 heterocycles. The van der Waals surface area contributed by atoms with Gasteiger partial charge in [0.05, 0.1) is 10.9 Å². The third-order valence-corrected chi connectivity index (χ3v) is 4.82. The van der Waals surface area contributed by atoms with Crippen LogP contribution in [0.3, 0.4) is 0 Å². The molecule has 2 atom stereocenters.